The summed E-state index contributed by atoms with van der Waals surface area (Å²) in [7, 11) is 0. The number of benzene rings is 1. The highest BCUT2D eigenvalue weighted by Gasteiger charge is 2.09. The maximum Gasteiger partial charge on any atom is 0.270 e. The molecule has 6 heteroatoms. The lowest BCUT2D eigenvalue weighted by atomic mass is 10.2. The van der Waals surface area contributed by atoms with E-state index >= 15 is 0 Å². The molecule has 0 aliphatic heterocycles. The van der Waals surface area contributed by atoms with Gasteiger partial charge in [-0.3, -0.25) is 10.1 Å². The molecule has 1 aromatic heterocycles. The second-order valence-electron chi connectivity index (χ2n) is 4.26. The van der Waals surface area contributed by atoms with Crippen molar-refractivity contribution in [3.8, 4) is 0 Å². The average molecular weight is 261 g/mol. The fourth-order valence-corrected chi connectivity index (χ4v) is 1.79. The van der Waals surface area contributed by atoms with Gasteiger partial charge in [0.05, 0.1) is 23.1 Å². The van der Waals surface area contributed by atoms with Gasteiger partial charge in [0.25, 0.3) is 5.69 Å². The number of rotatable bonds is 5. The van der Waals surface area contributed by atoms with Gasteiger partial charge in [0, 0.05) is 17.5 Å². The van der Waals surface area contributed by atoms with Gasteiger partial charge in [-0.25, -0.2) is 4.98 Å². The Hall–Kier alpha value is -2.21. The summed E-state index contributed by atoms with van der Waals surface area (Å²) in [6.45, 7) is 2.01. The van der Waals surface area contributed by atoms with Crippen LogP contribution in [-0.2, 0) is 0 Å². The molecule has 0 radical (unpaired) electrons. The van der Waals surface area contributed by atoms with E-state index in [9.17, 15) is 10.1 Å². The maximum atomic E-state index is 10.7. The number of aliphatic hydroxyl groups excluding tert-OH is 1. The Balaban J connectivity index is 2.31. The molecule has 0 saturated carbocycles. The van der Waals surface area contributed by atoms with Crippen LogP contribution >= 0.6 is 0 Å². The van der Waals surface area contributed by atoms with Gasteiger partial charge in [0.1, 0.15) is 5.82 Å². The molecule has 0 saturated heterocycles. The number of hydrogen-bond acceptors (Lipinski definition) is 5. The predicted octanol–water partition coefficient (Wildman–Crippen LogP) is 2.33. The minimum atomic E-state index is -0.426. The van der Waals surface area contributed by atoms with Crippen LogP contribution in [0.4, 0.5) is 11.5 Å². The van der Waals surface area contributed by atoms with E-state index in [0.29, 0.717) is 11.3 Å². The van der Waals surface area contributed by atoms with Gasteiger partial charge < -0.3 is 10.4 Å². The number of aliphatic hydroxyl groups is 1. The Morgan fingerprint density at radius 1 is 1.42 bits per heavy atom. The van der Waals surface area contributed by atoms with Crippen molar-refractivity contribution in [2.45, 2.75) is 19.4 Å². The number of fused-ring (bicyclic) bond motifs is 1. The predicted molar refractivity (Wildman–Crippen MR) is 73.2 cm³/mol. The van der Waals surface area contributed by atoms with Crippen molar-refractivity contribution in [3.05, 3.63) is 40.4 Å². The topological polar surface area (TPSA) is 88.3 Å². The molecule has 1 heterocycles. The van der Waals surface area contributed by atoms with E-state index in [-0.39, 0.29) is 18.3 Å². The molecule has 0 spiro atoms. The molecule has 100 valence electrons. The molecule has 0 aliphatic carbocycles. The molecule has 0 bridgehead atoms. The largest absolute Gasteiger partial charge is 0.394 e. The number of nitro benzene ring substituents is 1. The van der Waals surface area contributed by atoms with Gasteiger partial charge in [-0.2, -0.15) is 0 Å². The fourth-order valence-electron chi connectivity index (χ4n) is 1.79. The minimum absolute atomic E-state index is 0.0382. The van der Waals surface area contributed by atoms with E-state index in [0.717, 1.165) is 11.8 Å². The molecular formula is C13H15N3O3. The van der Waals surface area contributed by atoms with Crippen molar-refractivity contribution in [2.75, 3.05) is 11.9 Å². The van der Waals surface area contributed by atoms with Crippen LogP contribution in [0.2, 0.25) is 0 Å². The molecule has 2 aromatic rings. The van der Waals surface area contributed by atoms with E-state index in [4.69, 9.17) is 5.11 Å². The van der Waals surface area contributed by atoms with E-state index in [1.807, 2.05) is 6.92 Å². The van der Waals surface area contributed by atoms with Gasteiger partial charge in [0.15, 0.2) is 0 Å². The molecule has 1 aromatic carbocycles. The van der Waals surface area contributed by atoms with Gasteiger partial charge in [-0.15, -0.1) is 0 Å². The van der Waals surface area contributed by atoms with Crippen LogP contribution in [0, 0.1) is 10.1 Å². The molecule has 0 aliphatic rings. The number of anilines is 1. The SMILES string of the molecule is CC[C@@H](CO)Nc1ccc2cc([N+](=O)[O-])ccc2n1. The van der Waals surface area contributed by atoms with Crippen LogP contribution in [0.5, 0.6) is 0 Å². The third kappa shape index (κ3) is 2.97. The molecular weight excluding hydrogens is 246 g/mol. The van der Waals surface area contributed by atoms with Gasteiger partial charge in [-0.05, 0) is 24.6 Å². The molecule has 6 nitrogen and oxygen atoms in total. The Morgan fingerprint density at radius 3 is 2.84 bits per heavy atom. The van der Waals surface area contributed by atoms with Crippen LogP contribution in [0.1, 0.15) is 13.3 Å². The zero-order chi connectivity index (χ0) is 13.8. The highest BCUT2D eigenvalue weighted by Crippen LogP contribution is 2.21. The van der Waals surface area contributed by atoms with Gasteiger partial charge >= 0.3 is 0 Å². The fraction of sp³-hybridized carbons (Fsp3) is 0.308. The first kappa shape index (κ1) is 13.2. The summed E-state index contributed by atoms with van der Waals surface area (Å²) in [5.74, 6) is 0.655. The number of nitro groups is 1. The Labute approximate surface area is 110 Å². The third-order valence-corrected chi connectivity index (χ3v) is 2.95. The van der Waals surface area contributed by atoms with Crippen LogP contribution in [0.15, 0.2) is 30.3 Å². The van der Waals surface area contributed by atoms with Crippen LogP contribution < -0.4 is 5.32 Å². The number of nitrogens with one attached hydrogen (secondary N) is 1. The molecule has 0 fully saturated rings. The first-order valence-electron chi connectivity index (χ1n) is 6.06. The normalized spacial score (nSPS) is 12.3. The number of aromatic nitrogens is 1. The molecule has 19 heavy (non-hydrogen) atoms. The summed E-state index contributed by atoms with van der Waals surface area (Å²) >= 11 is 0. The minimum Gasteiger partial charge on any atom is -0.394 e. The highest BCUT2D eigenvalue weighted by molar-refractivity contribution is 5.82. The van der Waals surface area contributed by atoms with E-state index in [2.05, 4.69) is 10.3 Å². The molecule has 0 amide bonds. The number of non-ortho nitro benzene ring substituents is 1. The lowest BCUT2D eigenvalue weighted by Crippen LogP contribution is -2.23. The lowest BCUT2D eigenvalue weighted by molar-refractivity contribution is -0.384. The summed E-state index contributed by atoms with van der Waals surface area (Å²) in [6.07, 6.45) is 0.788. The van der Waals surface area contributed by atoms with Gasteiger partial charge in [0.2, 0.25) is 0 Å². The van der Waals surface area contributed by atoms with Crippen LogP contribution in [0.25, 0.3) is 10.9 Å². The summed E-state index contributed by atoms with van der Waals surface area (Å²) in [5.41, 5.74) is 0.736. The zero-order valence-electron chi connectivity index (χ0n) is 10.5. The summed E-state index contributed by atoms with van der Waals surface area (Å²) < 4.78 is 0. The lowest BCUT2D eigenvalue weighted by Gasteiger charge is -2.14. The number of nitrogens with zero attached hydrogens (tertiary/aromatic N) is 2. The summed E-state index contributed by atoms with van der Waals surface area (Å²) in [6, 6.07) is 8.05. The Morgan fingerprint density at radius 2 is 2.21 bits per heavy atom. The second-order valence-corrected chi connectivity index (χ2v) is 4.26. The van der Waals surface area contributed by atoms with Crippen molar-refractivity contribution in [1.82, 2.24) is 4.98 Å². The molecule has 1 atom stereocenters. The van der Waals surface area contributed by atoms with E-state index in [1.54, 1.807) is 18.2 Å². The van der Waals surface area contributed by atoms with E-state index < -0.39 is 4.92 Å². The summed E-state index contributed by atoms with van der Waals surface area (Å²) in [4.78, 5) is 14.6. The quantitative estimate of drug-likeness (QED) is 0.637. The van der Waals surface area contributed by atoms with Crippen molar-refractivity contribution in [1.29, 1.82) is 0 Å². The van der Waals surface area contributed by atoms with Crippen molar-refractivity contribution < 1.29 is 10.0 Å². The molecule has 0 unspecified atom stereocenters. The second kappa shape index (κ2) is 5.62. The average Bonchev–Trinajstić information content (AvgIpc) is 2.43. The Kier molecular flexibility index (Phi) is 3.91. The first-order chi connectivity index (χ1) is 9.13. The molecule has 2 N–H and O–H groups in total. The molecule has 2 rings (SSSR count). The number of pyridine rings is 1. The maximum absolute atomic E-state index is 10.7. The monoisotopic (exact) mass is 261 g/mol. The zero-order valence-corrected chi connectivity index (χ0v) is 10.5. The highest BCUT2D eigenvalue weighted by atomic mass is 16.6. The van der Waals surface area contributed by atoms with Crippen molar-refractivity contribution in [2.24, 2.45) is 0 Å². The van der Waals surface area contributed by atoms with Crippen molar-refractivity contribution >= 4 is 22.4 Å². The van der Waals surface area contributed by atoms with Crippen LogP contribution in [-0.4, -0.2) is 27.7 Å². The van der Waals surface area contributed by atoms with E-state index in [1.165, 1.54) is 12.1 Å². The smallest absolute Gasteiger partial charge is 0.270 e. The summed E-state index contributed by atoms with van der Waals surface area (Å²) in [5, 5.41) is 23.6. The number of hydrogen-bond donors (Lipinski definition) is 2. The van der Waals surface area contributed by atoms with Gasteiger partial charge in [-0.1, -0.05) is 6.92 Å². The van der Waals surface area contributed by atoms with Crippen LogP contribution in [0.3, 0.4) is 0 Å². The standard InChI is InChI=1S/C13H15N3O3/c1-2-10(8-17)14-13-6-3-9-7-11(16(18)19)4-5-12(9)15-13/h3-7,10,17H,2,8H2,1H3,(H,14,15)/t10-/m0/s1. The third-order valence-electron chi connectivity index (χ3n) is 2.95. The first-order valence-corrected chi connectivity index (χ1v) is 6.06. The van der Waals surface area contributed by atoms with Crippen molar-refractivity contribution in [3.63, 3.8) is 0 Å². The Bertz CT molecular complexity index is 597.